The first-order chi connectivity index (χ1) is 7.33. The van der Waals surface area contributed by atoms with Crippen LogP contribution in [-0.4, -0.2) is 19.9 Å². The molecule has 1 aromatic rings. The van der Waals surface area contributed by atoms with Crippen molar-refractivity contribution in [2.45, 2.75) is 51.2 Å². The van der Waals surface area contributed by atoms with Crippen LogP contribution in [0.15, 0.2) is 0 Å². The normalized spacial score (nSPS) is 19.0. The molecule has 0 atom stereocenters. The third kappa shape index (κ3) is 2.29. The summed E-state index contributed by atoms with van der Waals surface area (Å²) in [4.78, 5) is 0. The highest BCUT2D eigenvalue weighted by molar-refractivity contribution is 7.71. The second kappa shape index (κ2) is 4.90. The van der Waals surface area contributed by atoms with E-state index in [2.05, 4.69) is 10.2 Å². The minimum absolute atomic E-state index is 0.0381. The van der Waals surface area contributed by atoms with Crippen LogP contribution < -0.4 is 0 Å². The van der Waals surface area contributed by atoms with Crippen LogP contribution in [0.2, 0.25) is 0 Å². The summed E-state index contributed by atoms with van der Waals surface area (Å²) in [5.41, 5.74) is 0. The monoisotopic (exact) mass is 227 g/mol. The Morgan fingerprint density at radius 2 is 2.00 bits per heavy atom. The number of hydrogen-bond donors (Lipinski definition) is 2. The predicted octanol–water partition coefficient (Wildman–Crippen LogP) is 2.33. The molecule has 1 heterocycles. The van der Waals surface area contributed by atoms with Gasteiger partial charge in [0.1, 0.15) is 6.61 Å². The van der Waals surface area contributed by atoms with Gasteiger partial charge in [-0.2, -0.15) is 5.10 Å². The summed E-state index contributed by atoms with van der Waals surface area (Å²) in [7, 11) is 0. The number of nitrogens with zero attached hydrogens (tertiary/aromatic N) is 2. The van der Waals surface area contributed by atoms with Gasteiger partial charge in [-0.15, -0.1) is 0 Å². The second-order valence-electron chi connectivity index (χ2n) is 4.12. The van der Waals surface area contributed by atoms with Crippen LogP contribution in [0.3, 0.4) is 0 Å². The summed E-state index contributed by atoms with van der Waals surface area (Å²) in [6.45, 7) is -0.0381. The van der Waals surface area contributed by atoms with Crippen molar-refractivity contribution in [3.05, 3.63) is 10.6 Å². The van der Waals surface area contributed by atoms with Gasteiger partial charge in [-0.25, -0.2) is 0 Å². The van der Waals surface area contributed by atoms with Gasteiger partial charge in [-0.05, 0) is 25.1 Å². The zero-order valence-electron chi connectivity index (χ0n) is 8.78. The van der Waals surface area contributed by atoms with E-state index in [9.17, 15) is 5.11 Å². The van der Waals surface area contributed by atoms with Crippen molar-refractivity contribution >= 4 is 12.2 Å². The number of rotatable bonds is 2. The summed E-state index contributed by atoms with van der Waals surface area (Å²) >= 11 is 5.20. The van der Waals surface area contributed by atoms with E-state index in [0.717, 1.165) is 12.8 Å². The summed E-state index contributed by atoms with van der Waals surface area (Å²) in [5.74, 6) is 0.673. The smallest absolute Gasteiger partial charge is 0.195 e. The van der Waals surface area contributed by atoms with E-state index < -0.39 is 0 Å². The van der Waals surface area contributed by atoms with Crippen LogP contribution in [0.5, 0.6) is 0 Å². The number of aliphatic hydroxyl groups is 1. The summed E-state index contributed by atoms with van der Waals surface area (Å²) in [6.07, 6.45) is 7.44. The molecule has 0 aromatic carbocycles. The Labute approximate surface area is 94.3 Å². The van der Waals surface area contributed by atoms with Crippen molar-refractivity contribution in [2.24, 2.45) is 0 Å². The van der Waals surface area contributed by atoms with E-state index in [-0.39, 0.29) is 6.61 Å². The van der Waals surface area contributed by atoms with E-state index in [1.807, 2.05) is 4.57 Å². The van der Waals surface area contributed by atoms with Crippen molar-refractivity contribution in [3.63, 3.8) is 0 Å². The Kier molecular flexibility index (Phi) is 3.53. The SMILES string of the molecule is OCc1n[nH]c(=S)n1C1CCCCCC1. The van der Waals surface area contributed by atoms with Crippen LogP contribution in [-0.2, 0) is 6.61 Å². The molecule has 1 aliphatic carbocycles. The topological polar surface area (TPSA) is 53.8 Å². The number of aromatic nitrogens is 3. The molecule has 84 valence electrons. The van der Waals surface area contributed by atoms with Crippen molar-refractivity contribution in [1.29, 1.82) is 0 Å². The molecule has 0 unspecified atom stereocenters. The molecule has 0 spiro atoms. The maximum Gasteiger partial charge on any atom is 0.195 e. The maximum absolute atomic E-state index is 9.18. The molecule has 0 aliphatic heterocycles. The molecule has 1 aliphatic rings. The average molecular weight is 227 g/mol. The zero-order chi connectivity index (χ0) is 10.7. The first kappa shape index (κ1) is 10.8. The van der Waals surface area contributed by atoms with Crippen LogP contribution in [0.1, 0.15) is 50.4 Å². The highest BCUT2D eigenvalue weighted by Gasteiger charge is 2.18. The number of hydrogen-bond acceptors (Lipinski definition) is 3. The Hall–Kier alpha value is -0.680. The molecule has 2 rings (SSSR count). The van der Waals surface area contributed by atoms with Crippen LogP contribution >= 0.6 is 12.2 Å². The van der Waals surface area contributed by atoms with Crippen molar-refractivity contribution in [3.8, 4) is 0 Å². The summed E-state index contributed by atoms with van der Waals surface area (Å²) in [6, 6.07) is 0.431. The van der Waals surface area contributed by atoms with Crippen LogP contribution in [0, 0.1) is 4.77 Å². The Bertz CT molecular complexity index is 363. The second-order valence-corrected chi connectivity index (χ2v) is 4.51. The van der Waals surface area contributed by atoms with Crippen LogP contribution in [0.4, 0.5) is 0 Å². The fourth-order valence-electron chi connectivity index (χ4n) is 2.34. The standard InChI is InChI=1S/C10H17N3OS/c14-7-9-11-12-10(15)13(9)8-5-3-1-2-4-6-8/h8,14H,1-7H2,(H,12,15). The minimum Gasteiger partial charge on any atom is -0.388 e. The zero-order valence-corrected chi connectivity index (χ0v) is 9.59. The number of H-pyrrole nitrogens is 1. The lowest BCUT2D eigenvalue weighted by Crippen LogP contribution is -2.12. The number of aromatic amines is 1. The molecule has 0 saturated heterocycles. The average Bonchev–Trinajstić information content (AvgIpc) is 2.48. The molecule has 5 heteroatoms. The third-order valence-corrected chi connectivity index (χ3v) is 3.40. The Morgan fingerprint density at radius 3 is 2.60 bits per heavy atom. The van der Waals surface area contributed by atoms with E-state index in [0.29, 0.717) is 16.6 Å². The van der Waals surface area contributed by atoms with Crippen molar-refractivity contribution < 1.29 is 5.11 Å². The fraction of sp³-hybridized carbons (Fsp3) is 0.800. The molecule has 1 fully saturated rings. The lowest BCUT2D eigenvalue weighted by molar-refractivity contribution is 0.256. The maximum atomic E-state index is 9.18. The molecule has 4 nitrogen and oxygen atoms in total. The molecule has 15 heavy (non-hydrogen) atoms. The van der Waals surface area contributed by atoms with Gasteiger partial charge in [0.05, 0.1) is 0 Å². The van der Waals surface area contributed by atoms with E-state index in [4.69, 9.17) is 12.2 Å². The molecular weight excluding hydrogens is 210 g/mol. The highest BCUT2D eigenvalue weighted by Crippen LogP contribution is 2.27. The molecule has 0 bridgehead atoms. The van der Waals surface area contributed by atoms with Crippen LogP contribution in [0.25, 0.3) is 0 Å². The molecule has 0 amide bonds. The molecule has 1 saturated carbocycles. The van der Waals surface area contributed by atoms with Gasteiger partial charge in [0.2, 0.25) is 0 Å². The molecule has 0 radical (unpaired) electrons. The highest BCUT2D eigenvalue weighted by atomic mass is 32.1. The molecule has 1 aromatic heterocycles. The number of nitrogens with one attached hydrogen (secondary N) is 1. The van der Waals surface area contributed by atoms with Gasteiger partial charge in [0, 0.05) is 6.04 Å². The largest absolute Gasteiger partial charge is 0.388 e. The van der Waals surface area contributed by atoms with Gasteiger partial charge in [0.15, 0.2) is 10.6 Å². The summed E-state index contributed by atoms with van der Waals surface area (Å²) < 4.78 is 2.65. The first-order valence-electron chi connectivity index (χ1n) is 5.59. The first-order valence-corrected chi connectivity index (χ1v) is 6.00. The summed E-state index contributed by atoms with van der Waals surface area (Å²) in [5, 5.41) is 16.0. The molecular formula is C10H17N3OS. The van der Waals surface area contributed by atoms with Gasteiger partial charge >= 0.3 is 0 Å². The predicted molar refractivity (Wildman–Crippen MR) is 60.1 cm³/mol. The van der Waals surface area contributed by atoms with E-state index in [1.165, 1.54) is 25.7 Å². The molecule has 2 N–H and O–H groups in total. The van der Waals surface area contributed by atoms with Crippen molar-refractivity contribution in [2.75, 3.05) is 0 Å². The quantitative estimate of drug-likeness (QED) is 0.602. The van der Waals surface area contributed by atoms with Gasteiger partial charge < -0.3 is 5.11 Å². The van der Waals surface area contributed by atoms with Crippen molar-refractivity contribution in [1.82, 2.24) is 14.8 Å². The lowest BCUT2D eigenvalue weighted by atomic mass is 10.1. The number of aliphatic hydroxyl groups excluding tert-OH is 1. The van der Waals surface area contributed by atoms with Gasteiger partial charge in [0.25, 0.3) is 0 Å². The Balaban J connectivity index is 2.25. The van der Waals surface area contributed by atoms with E-state index in [1.54, 1.807) is 0 Å². The minimum atomic E-state index is -0.0381. The van der Waals surface area contributed by atoms with E-state index >= 15 is 0 Å². The van der Waals surface area contributed by atoms with Gasteiger partial charge in [-0.1, -0.05) is 25.7 Å². The third-order valence-electron chi connectivity index (χ3n) is 3.11. The fourth-order valence-corrected chi connectivity index (χ4v) is 2.64. The Morgan fingerprint density at radius 1 is 1.33 bits per heavy atom. The lowest BCUT2D eigenvalue weighted by Gasteiger charge is -2.17. The van der Waals surface area contributed by atoms with Gasteiger partial charge in [-0.3, -0.25) is 9.67 Å².